The molecule has 2 amide bonds. The lowest BCUT2D eigenvalue weighted by Gasteiger charge is -2.36. The molecule has 2 aromatic rings. The molecule has 7 nitrogen and oxygen atoms in total. The normalized spacial score (nSPS) is 23.8. The number of nitrogens with one attached hydrogen (secondary N) is 1. The summed E-state index contributed by atoms with van der Waals surface area (Å²) in [6.07, 6.45) is 2.31. The summed E-state index contributed by atoms with van der Waals surface area (Å²) in [7, 11) is -3.14. The third-order valence-electron chi connectivity index (χ3n) is 4.81. The van der Waals surface area contributed by atoms with Crippen LogP contribution in [0, 0.1) is 0 Å². The Morgan fingerprint density at radius 2 is 2.16 bits per heavy atom. The maximum absolute atomic E-state index is 12.6. The molecular formula is C16H20N4O3S2. The molecule has 3 heterocycles. The number of likely N-dealkylation sites (tertiary alicyclic amines) is 1. The van der Waals surface area contributed by atoms with Gasteiger partial charge in [-0.25, -0.2) is 18.2 Å². The molecule has 134 valence electrons. The van der Waals surface area contributed by atoms with Crippen molar-refractivity contribution in [3.63, 3.8) is 0 Å². The summed E-state index contributed by atoms with van der Waals surface area (Å²) >= 11 is 1.53. The maximum Gasteiger partial charge on any atom is 0.321 e. The Labute approximate surface area is 150 Å². The van der Waals surface area contributed by atoms with Crippen LogP contribution in [0.15, 0.2) is 23.7 Å². The number of thiazole rings is 1. The second kappa shape index (κ2) is 6.54. The number of hydrogen-bond donors (Lipinski definition) is 1. The Balaban J connectivity index is 1.44. The van der Waals surface area contributed by atoms with Crippen molar-refractivity contribution < 1.29 is 13.2 Å². The molecule has 0 bridgehead atoms. The highest BCUT2D eigenvalue weighted by molar-refractivity contribution is 7.89. The molecule has 1 unspecified atom stereocenters. The van der Waals surface area contributed by atoms with Gasteiger partial charge in [0.2, 0.25) is 10.0 Å². The Morgan fingerprint density at radius 3 is 2.96 bits per heavy atom. The second-order valence-electron chi connectivity index (χ2n) is 6.49. The van der Waals surface area contributed by atoms with E-state index in [4.69, 9.17) is 0 Å². The number of rotatable bonds is 2. The van der Waals surface area contributed by atoms with Crippen molar-refractivity contribution in [1.82, 2.24) is 14.2 Å². The average Bonchev–Trinajstić information content (AvgIpc) is 3.20. The van der Waals surface area contributed by atoms with E-state index in [2.05, 4.69) is 10.3 Å². The van der Waals surface area contributed by atoms with E-state index in [0.29, 0.717) is 26.1 Å². The van der Waals surface area contributed by atoms with Crippen LogP contribution in [0.1, 0.15) is 19.3 Å². The number of aromatic nitrogens is 1. The molecule has 9 heteroatoms. The Hall–Kier alpha value is -1.71. The Morgan fingerprint density at radius 1 is 1.28 bits per heavy atom. The minimum atomic E-state index is -3.14. The van der Waals surface area contributed by atoms with Gasteiger partial charge >= 0.3 is 6.03 Å². The fourth-order valence-corrected chi connectivity index (χ4v) is 6.06. The number of carbonyl (C=O) groups is 1. The average molecular weight is 380 g/mol. The van der Waals surface area contributed by atoms with Crippen LogP contribution < -0.4 is 5.32 Å². The van der Waals surface area contributed by atoms with Crippen molar-refractivity contribution in [2.75, 3.05) is 30.7 Å². The first-order valence-corrected chi connectivity index (χ1v) is 10.9. The summed E-state index contributed by atoms with van der Waals surface area (Å²) < 4.78 is 26.9. The van der Waals surface area contributed by atoms with Crippen LogP contribution in [-0.2, 0) is 10.0 Å². The largest absolute Gasteiger partial charge is 0.323 e. The first-order chi connectivity index (χ1) is 12.0. The fraction of sp³-hybridized carbons (Fsp3) is 0.500. The van der Waals surface area contributed by atoms with Crippen LogP contribution >= 0.6 is 11.3 Å². The number of benzene rings is 1. The summed E-state index contributed by atoms with van der Waals surface area (Å²) in [6, 6.07) is 5.36. The van der Waals surface area contributed by atoms with Gasteiger partial charge in [0.05, 0.1) is 21.5 Å². The van der Waals surface area contributed by atoms with Gasteiger partial charge in [-0.1, -0.05) is 0 Å². The number of fused-ring (bicyclic) bond motifs is 1. The molecule has 1 aromatic carbocycles. The molecule has 25 heavy (non-hydrogen) atoms. The van der Waals surface area contributed by atoms with Crippen molar-refractivity contribution in [2.24, 2.45) is 0 Å². The van der Waals surface area contributed by atoms with Gasteiger partial charge < -0.3 is 10.2 Å². The van der Waals surface area contributed by atoms with E-state index in [0.717, 1.165) is 28.7 Å². The van der Waals surface area contributed by atoms with Crippen molar-refractivity contribution in [2.45, 2.75) is 25.3 Å². The van der Waals surface area contributed by atoms with Gasteiger partial charge in [0.15, 0.2) is 0 Å². The fourth-order valence-electron chi connectivity index (χ4n) is 3.58. The number of urea groups is 1. The predicted octanol–water partition coefficient (Wildman–Crippen LogP) is 2.33. The molecule has 2 aliphatic rings. The molecule has 1 atom stereocenters. The zero-order valence-electron chi connectivity index (χ0n) is 13.7. The summed E-state index contributed by atoms with van der Waals surface area (Å²) in [5, 5.41) is 2.92. The molecule has 0 spiro atoms. The zero-order valence-corrected chi connectivity index (χ0v) is 15.4. The number of piperidine rings is 1. The Bertz CT molecular complexity index is 896. The van der Waals surface area contributed by atoms with Crippen LogP contribution in [0.4, 0.5) is 10.5 Å². The monoisotopic (exact) mass is 380 g/mol. The van der Waals surface area contributed by atoms with Crippen molar-refractivity contribution in [3.05, 3.63) is 23.7 Å². The van der Waals surface area contributed by atoms with Gasteiger partial charge in [0, 0.05) is 31.4 Å². The lowest BCUT2D eigenvalue weighted by molar-refractivity contribution is 0.163. The second-order valence-corrected chi connectivity index (χ2v) is 9.41. The molecule has 4 rings (SSSR count). The van der Waals surface area contributed by atoms with Crippen LogP contribution in [0.25, 0.3) is 10.2 Å². The van der Waals surface area contributed by atoms with E-state index in [9.17, 15) is 13.2 Å². The van der Waals surface area contributed by atoms with Gasteiger partial charge in [-0.15, -0.1) is 11.3 Å². The number of sulfonamides is 1. The highest BCUT2D eigenvalue weighted by atomic mass is 32.2. The number of amides is 2. The molecule has 2 fully saturated rings. The first-order valence-electron chi connectivity index (χ1n) is 8.42. The number of carbonyl (C=O) groups excluding carboxylic acids is 1. The zero-order chi connectivity index (χ0) is 17.4. The quantitative estimate of drug-likeness (QED) is 0.867. The van der Waals surface area contributed by atoms with Crippen molar-refractivity contribution in [1.29, 1.82) is 0 Å². The van der Waals surface area contributed by atoms with E-state index in [1.54, 1.807) is 14.7 Å². The molecule has 1 aromatic heterocycles. The minimum absolute atomic E-state index is 0.101. The third kappa shape index (κ3) is 3.36. The Kier molecular flexibility index (Phi) is 4.38. The third-order valence-corrected chi connectivity index (χ3v) is 7.60. The topological polar surface area (TPSA) is 82.6 Å². The van der Waals surface area contributed by atoms with E-state index < -0.39 is 10.0 Å². The van der Waals surface area contributed by atoms with Crippen LogP contribution in [0.3, 0.4) is 0 Å². The summed E-state index contributed by atoms with van der Waals surface area (Å²) in [4.78, 5) is 18.5. The van der Waals surface area contributed by atoms with Gasteiger partial charge in [-0.2, -0.15) is 4.31 Å². The predicted molar refractivity (Wildman–Crippen MR) is 98.3 cm³/mol. The number of hydrogen-bond acceptors (Lipinski definition) is 5. The smallest absolute Gasteiger partial charge is 0.321 e. The van der Waals surface area contributed by atoms with E-state index in [1.807, 2.05) is 18.2 Å². The minimum Gasteiger partial charge on any atom is -0.323 e. The van der Waals surface area contributed by atoms with Crippen LogP contribution in [0.5, 0.6) is 0 Å². The molecule has 2 aliphatic heterocycles. The highest BCUT2D eigenvalue weighted by Gasteiger charge is 2.37. The van der Waals surface area contributed by atoms with Gasteiger partial charge in [-0.05, 0) is 37.5 Å². The maximum atomic E-state index is 12.6. The molecule has 0 aliphatic carbocycles. The highest BCUT2D eigenvalue weighted by Crippen LogP contribution is 2.25. The van der Waals surface area contributed by atoms with Crippen LogP contribution in [0.2, 0.25) is 0 Å². The summed E-state index contributed by atoms with van der Waals surface area (Å²) in [6.45, 7) is 1.68. The van der Waals surface area contributed by atoms with Crippen molar-refractivity contribution in [3.8, 4) is 0 Å². The van der Waals surface area contributed by atoms with Gasteiger partial charge in [0.1, 0.15) is 0 Å². The van der Waals surface area contributed by atoms with E-state index >= 15 is 0 Å². The lowest BCUT2D eigenvalue weighted by Crippen LogP contribution is -2.51. The number of nitrogens with zero attached hydrogens (tertiary/aromatic N) is 3. The SMILES string of the molecule is O=C(Nc1ccc2ncsc2c1)N1CCCC(N2CCCS2(=O)=O)C1. The summed E-state index contributed by atoms with van der Waals surface area (Å²) in [5.41, 5.74) is 3.43. The molecule has 2 saturated heterocycles. The van der Waals surface area contributed by atoms with Gasteiger partial charge in [-0.3, -0.25) is 0 Å². The van der Waals surface area contributed by atoms with E-state index in [1.165, 1.54) is 11.3 Å². The van der Waals surface area contributed by atoms with Gasteiger partial charge in [0.25, 0.3) is 0 Å². The first kappa shape index (κ1) is 16.7. The van der Waals surface area contributed by atoms with Crippen LogP contribution in [-0.4, -0.2) is 60.1 Å². The standard InChI is InChI=1S/C16H20N4O3S2/c21-16(18-12-4-5-14-15(9-12)24-11-17-14)19-6-1-3-13(10-19)20-7-2-8-25(20,22)23/h4-5,9,11,13H,1-3,6-8,10H2,(H,18,21). The van der Waals surface area contributed by atoms with Crippen molar-refractivity contribution >= 4 is 43.3 Å². The number of anilines is 1. The molecule has 1 N–H and O–H groups in total. The molecular weight excluding hydrogens is 360 g/mol. The van der Waals surface area contributed by atoms with E-state index in [-0.39, 0.29) is 17.8 Å². The lowest BCUT2D eigenvalue weighted by atomic mass is 10.1. The summed E-state index contributed by atoms with van der Waals surface area (Å²) in [5.74, 6) is 0.227. The molecule has 0 saturated carbocycles. The molecule has 0 radical (unpaired) electrons.